The molecule has 0 saturated carbocycles. The van der Waals surface area contributed by atoms with E-state index in [1.54, 1.807) is 23.9 Å². The molecule has 1 aliphatic rings. The van der Waals surface area contributed by atoms with Gasteiger partial charge in [0.05, 0.1) is 10.9 Å². The summed E-state index contributed by atoms with van der Waals surface area (Å²) in [5.41, 5.74) is 1.89. The number of thioether (sulfide) groups is 1. The van der Waals surface area contributed by atoms with Crippen molar-refractivity contribution in [1.29, 1.82) is 0 Å². The molecule has 24 heavy (non-hydrogen) atoms. The fourth-order valence-corrected chi connectivity index (χ4v) is 3.28. The van der Waals surface area contributed by atoms with E-state index in [4.69, 9.17) is 4.74 Å². The van der Waals surface area contributed by atoms with Gasteiger partial charge >= 0.3 is 6.09 Å². The van der Waals surface area contributed by atoms with Gasteiger partial charge in [-0.05, 0) is 43.2 Å². The molecule has 0 spiro atoms. The van der Waals surface area contributed by atoms with Gasteiger partial charge in [-0.25, -0.2) is 4.79 Å². The molecule has 124 valence electrons. The summed E-state index contributed by atoms with van der Waals surface area (Å²) in [6.45, 7) is 2.35. The Labute approximate surface area is 144 Å². The molecule has 1 unspecified atom stereocenters. The van der Waals surface area contributed by atoms with E-state index >= 15 is 0 Å². The highest BCUT2D eigenvalue weighted by Crippen LogP contribution is 2.35. The van der Waals surface area contributed by atoms with E-state index < -0.39 is 6.09 Å². The van der Waals surface area contributed by atoms with Crippen molar-refractivity contribution in [3.05, 3.63) is 54.1 Å². The quantitative estimate of drug-likeness (QED) is 0.893. The molecule has 0 radical (unpaired) electrons. The van der Waals surface area contributed by atoms with Crippen LogP contribution < -0.4 is 15.4 Å². The maximum Gasteiger partial charge on any atom is 0.412 e. The Morgan fingerprint density at radius 3 is 2.83 bits per heavy atom. The second-order valence-corrected chi connectivity index (χ2v) is 6.84. The lowest BCUT2D eigenvalue weighted by Gasteiger charge is -2.21. The van der Waals surface area contributed by atoms with Crippen molar-refractivity contribution in [3.63, 3.8) is 0 Å². The first-order valence-electron chi connectivity index (χ1n) is 7.73. The van der Waals surface area contributed by atoms with Crippen molar-refractivity contribution in [1.82, 2.24) is 5.32 Å². The fraction of sp³-hybridized carbons (Fsp3) is 0.222. The smallest absolute Gasteiger partial charge is 0.410 e. The van der Waals surface area contributed by atoms with Crippen LogP contribution in [0.15, 0.2) is 53.4 Å². The van der Waals surface area contributed by atoms with E-state index in [1.807, 2.05) is 43.3 Å². The van der Waals surface area contributed by atoms with Crippen LogP contribution in [-0.2, 0) is 11.2 Å². The van der Waals surface area contributed by atoms with Gasteiger partial charge in [-0.3, -0.25) is 4.79 Å². The van der Waals surface area contributed by atoms with Gasteiger partial charge in [0.1, 0.15) is 5.75 Å². The predicted octanol–water partition coefficient (Wildman–Crippen LogP) is 3.45. The summed E-state index contributed by atoms with van der Waals surface area (Å²) in [6.07, 6.45) is 0.185. The highest BCUT2D eigenvalue weighted by molar-refractivity contribution is 8.00. The van der Waals surface area contributed by atoms with Crippen LogP contribution in [0.1, 0.15) is 12.5 Å². The third-order valence-corrected chi connectivity index (χ3v) is 4.79. The second-order valence-electron chi connectivity index (χ2n) is 5.46. The summed E-state index contributed by atoms with van der Waals surface area (Å²) in [5, 5.41) is 5.56. The molecule has 3 rings (SSSR count). The number of carbonyl (C=O) groups excluding carboxylic acids is 2. The van der Waals surface area contributed by atoms with Crippen LogP contribution in [0.25, 0.3) is 0 Å². The van der Waals surface area contributed by atoms with Gasteiger partial charge in [-0.1, -0.05) is 24.3 Å². The van der Waals surface area contributed by atoms with Crippen LogP contribution in [-0.4, -0.2) is 23.8 Å². The summed E-state index contributed by atoms with van der Waals surface area (Å²) in [6, 6.07) is 14.9. The van der Waals surface area contributed by atoms with Crippen LogP contribution >= 0.6 is 11.8 Å². The molecule has 1 atom stereocenters. The third-order valence-electron chi connectivity index (χ3n) is 3.61. The van der Waals surface area contributed by atoms with Crippen LogP contribution in [0.2, 0.25) is 0 Å². The van der Waals surface area contributed by atoms with Gasteiger partial charge in [0.2, 0.25) is 5.91 Å². The normalized spacial score (nSPS) is 16.0. The minimum Gasteiger partial charge on any atom is -0.410 e. The molecule has 2 aromatic carbocycles. The van der Waals surface area contributed by atoms with Crippen molar-refractivity contribution in [2.24, 2.45) is 0 Å². The summed E-state index contributed by atoms with van der Waals surface area (Å²) in [7, 11) is 0. The predicted molar refractivity (Wildman–Crippen MR) is 94.6 cm³/mol. The molecule has 0 aromatic heterocycles. The molecule has 6 heteroatoms. The number of ether oxygens (including phenoxy) is 1. The van der Waals surface area contributed by atoms with Crippen LogP contribution in [0, 0.1) is 0 Å². The fourth-order valence-electron chi connectivity index (χ4n) is 2.35. The van der Waals surface area contributed by atoms with Gasteiger partial charge in [0.25, 0.3) is 0 Å². The zero-order valence-electron chi connectivity index (χ0n) is 13.2. The molecule has 1 heterocycles. The number of nitrogens with one attached hydrogen (secondary N) is 2. The zero-order chi connectivity index (χ0) is 16.9. The molecule has 0 bridgehead atoms. The molecule has 2 amide bonds. The average molecular weight is 342 g/mol. The number of hydrogen-bond acceptors (Lipinski definition) is 4. The molecule has 1 aliphatic heterocycles. The number of fused-ring (bicyclic) bond motifs is 1. The lowest BCUT2D eigenvalue weighted by molar-refractivity contribution is -0.115. The summed E-state index contributed by atoms with van der Waals surface area (Å²) >= 11 is 1.56. The molecule has 0 fully saturated rings. The van der Waals surface area contributed by atoms with Crippen LogP contribution in [0.5, 0.6) is 5.75 Å². The van der Waals surface area contributed by atoms with E-state index in [1.165, 1.54) is 0 Å². The van der Waals surface area contributed by atoms with E-state index in [9.17, 15) is 9.59 Å². The molecule has 0 saturated heterocycles. The number of benzene rings is 2. The number of carbonyl (C=O) groups is 2. The van der Waals surface area contributed by atoms with Gasteiger partial charge in [0, 0.05) is 11.4 Å². The van der Waals surface area contributed by atoms with Crippen LogP contribution in [0.3, 0.4) is 0 Å². The molecular formula is C18H18N2O3S. The maximum atomic E-state index is 11.7. The van der Waals surface area contributed by atoms with Crippen molar-refractivity contribution in [2.75, 3.05) is 11.9 Å². The number of hydrogen-bond donors (Lipinski definition) is 2. The number of para-hydroxylation sites is 1. The van der Waals surface area contributed by atoms with Gasteiger partial charge in [0.15, 0.2) is 0 Å². The Morgan fingerprint density at radius 1 is 1.25 bits per heavy atom. The average Bonchev–Trinajstić information content (AvgIpc) is 2.57. The minimum absolute atomic E-state index is 0.0224. The standard InChI is InChI=1S/C18H18N2O3S/c1-12-17(21)20-15-11-13(7-8-16(15)24-12)9-10-19-18(22)23-14-5-3-2-4-6-14/h2-8,11-12H,9-10H2,1H3,(H,19,22)(H,20,21). The highest BCUT2D eigenvalue weighted by Gasteiger charge is 2.22. The Balaban J connectivity index is 1.51. The van der Waals surface area contributed by atoms with Gasteiger partial charge in [-0.2, -0.15) is 0 Å². The minimum atomic E-state index is -0.475. The Kier molecular flexibility index (Phi) is 5.05. The number of anilines is 1. The van der Waals surface area contributed by atoms with E-state index in [-0.39, 0.29) is 11.2 Å². The summed E-state index contributed by atoms with van der Waals surface area (Å²) in [5.74, 6) is 0.534. The first-order chi connectivity index (χ1) is 11.6. The Hall–Kier alpha value is -2.47. The van der Waals surface area contributed by atoms with Crippen LogP contribution in [0.4, 0.5) is 10.5 Å². The Bertz CT molecular complexity index is 749. The third kappa shape index (κ3) is 4.08. The van der Waals surface area contributed by atoms with E-state index in [2.05, 4.69) is 10.6 Å². The first kappa shape index (κ1) is 16.4. The van der Waals surface area contributed by atoms with Crippen molar-refractivity contribution >= 4 is 29.4 Å². The monoisotopic (exact) mass is 342 g/mol. The van der Waals surface area contributed by atoms with Crippen molar-refractivity contribution in [3.8, 4) is 5.75 Å². The maximum absolute atomic E-state index is 11.7. The van der Waals surface area contributed by atoms with Gasteiger partial charge in [-0.15, -0.1) is 11.8 Å². The second kappa shape index (κ2) is 7.40. The zero-order valence-corrected chi connectivity index (χ0v) is 14.1. The largest absolute Gasteiger partial charge is 0.412 e. The Morgan fingerprint density at radius 2 is 2.04 bits per heavy atom. The molecular weight excluding hydrogens is 324 g/mol. The summed E-state index contributed by atoms with van der Waals surface area (Å²) in [4.78, 5) is 24.5. The lowest BCUT2D eigenvalue weighted by Crippen LogP contribution is -2.29. The summed E-state index contributed by atoms with van der Waals surface area (Å²) < 4.78 is 5.16. The van der Waals surface area contributed by atoms with Crippen molar-refractivity contribution < 1.29 is 14.3 Å². The van der Waals surface area contributed by atoms with E-state index in [0.717, 1.165) is 16.1 Å². The first-order valence-corrected chi connectivity index (χ1v) is 8.61. The van der Waals surface area contributed by atoms with E-state index in [0.29, 0.717) is 18.7 Å². The molecule has 2 N–H and O–H groups in total. The highest BCUT2D eigenvalue weighted by atomic mass is 32.2. The number of amides is 2. The molecule has 5 nitrogen and oxygen atoms in total. The van der Waals surface area contributed by atoms with Gasteiger partial charge < -0.3 is 15.4 Å². The lowest BCUT2D eigenvalue weighted by atomic mass is 10.1. The SMILES string of the molecule is CC1Sc2ccc(CCNC(=O)Oc3ccccc3)cc2NC1=O. The molecule has 0 aliphatic carbocycles. The number of rotatable bonds is 4. The van der Waals surface area contributed by atoms with Crippen molar-refractivity contribution in [2.45, 2.75) is 23.5 Å². The topological polar surface area (TPSA) is 67.4 Å². The molecule has 2 aromatic rings.